The topological polar surface area (TPSA) is 1190 Å². The summed E-state index contributed by atoms with van der Waals surface area (Å²) in [5.41, 5.74) is 0. The van der Waals surface area contributed by atoms with Gasteiger partial charge in [0.15, 0.2) is 15.2 Å². The predicted octanol–water partition coefficient (Wildman–Crippen LogP) is -16.8. The van der Waals surface area contributed by atoms with Crippen molar-refractivity contribution in [1.82, 2.24) is 0 Å². The van der Waals surface area contributed by atoms with E-state index in [4.69, 9.17) is 282 Å². The van der Waals surface area contributed by atoms with Gasteiger partial charge < -0.3 is 251 Å². The van der Waals surface area contributed by atoms with Crippen LogP contribution in [0.5, 0.6) is 0 Å². The van der Waals surface area contributed by atoms with Crippen LogP contribution < -0.4 is 163 Å². The van der Waals surface area contributed by atoms with Crippen LogP contribution in [-0.2, 0) is 435 Å². The van der Waals surface area contributed by atoms with Crippen LogP contribution in [0.4, 0.5) is 0 Å². The van der Waals surface area contributed by atoms with Crippen molar-refractivity contribution in [3.63, 3.8) is 0 Å². The van der Waals surface area contributed by atoms with E-state index in [0.29, 0.717) is 0 Å². The van der Waals surface area contributed by atoms with Gasteiger partial charge in [0.25, 0.3) is 0 Å². The van der Waals surface area contributed by atoms with Crippen molar-refractivity contribution in [1.29, 1.82) is 0 Å². The second-order valence-corrected chi connectivity index (χ2v) is 21.2. The Balaban J connectivity index is -0.00000000684. The monoisotopic (exact) mass is 2870 g/mol. The van der Waals surface area contributed by atoms with Gasteiger partial charge in [0.05, 0.1) is 0 Å². The minimum Gasteiger partial charge on any atom is -2.00 e. The third-order valence-corrected chi connectivity index (χ3v) is 1.96. The molecule has 76 heteroatoms. The molecule has 0 aliphatic carbocycles. The second kappa shape index (κ2) is 728. The summed E-state index contributed by atoms with van der Waals surface area (Å²) < 4.78 is -6.39. The van der Waals surface area contributed by atoms with E-state index in [0.717, 1.165) is 0 Å². The summed E-state index contributed by atoms with van der Waals surface area (Å²) in [7, 11) is 0. The molecule has 0 radical (unpaired) electrons. The van der Waals surface area contributed by atoms with Crippen molar-refractivity contribution in [3.05, 3.63) is 0 Å². The Morgan fingerprint density at radius 3 is 0.100 bits per heavy atom. The quantitative estimate of drug-likeness (QED) is 0.160. The minimum absolute atomic E-state index is 0. The van der Waals surface area contributed by atoms with E-state index in [1.54, 1.807) is 194 Å². The normalized spacial score (nSPS) is 5.66. The molecular formula is C64H148Cl12O48Ti16. The van der Waals surface area contributed by atoms with Gasteiger partial charge in [-0.25, -0.2) is 0 Å². The summed E-state index contributed by atoms with van der Waals surface area (Å²) in [6.45, 7) is 41.2. The van der Waals surface area contributed by atoms with Crippen molar-refractivity contribution >= 4 is 139 Å². The maximum Gasteiger partial charge on any atom is 4.00 e. The molecule has 0 spiro atoms. The van der Waals surface area contributed by atoms with Gasteiger partial charge in [0.2, 0.25) is 0 Å². The molecule has 0 aliphatic rings. The fraction of sp³-hybridized carbons (Fsp3) is 1.00. The van der Waals surface area contributed by atoms with Crippen molar-refractivity contribution < 1.29 is 599 Å². The molecule has 0 aliphatic heterocycles. The van der Waals surface area contributed by atoms with Crippen LogP contribution >= 0.6 is 139 Å². The Hall–Kier alpha value is 13.0. The Kier molecular flexibility index (Phi) is 2320. The van der Waals surface area contributed by atoms with Crippen LogP contribution in [0, 0.1) is 0 Å². The summed E-state index contributed by atoms with van der Waals surface area (Å²) in [6, 6.07) is 0. The minimum atomic E-state index is -1.60. The zero-order valence-electron chi connectivity index (χ0n) is 84.8. The summed E-state index contributed by atoms with van der Waals surface area (Å²) >= 11 is 59.2. The van der Waals surface area contributed by atoms with Crippen LogP contribution in [0.3, 0.4) is 0 Å². The van der Waals surface area contributed by atoms with E-state index in [9.17, 15) is 20.4 Å². The molecule has 0 rings (SSSR count). The number of hydrogen-bond acceptors (Lipinski definition) is 32. The molecule has 0 atom stereocenters. The zero-order valence-corrected chi connectivity index (χ0v) is 119. The molecule has 840 valence electrons. The molecule has 0 bridgehead atoms. The van der Waals surface area contributed by atoms with Crippen molar-refractivity contribution in [2.24, 2.45) is 0 Å². The largest absolute Gasteiger partial charge is 4.00 e. The smallest absolute Gasteiger partial charge is 2.00 e. The van der Waals surface area contributed by atoms with Gasteiger partial charge in [-0.15, -0.1) is 185 Å². The summed E-state index contributed by atoms with van der Waals surface area (Å²) in [6.07, 6.45) is 0. The van der Waals surface area contributed by atoms with E-state index >= 15 is 0 Å². The number of halogens is 12. The van der Waals surface area contributed by atoms with E-state index in [-0.39, 0.29) is 620 Å². The molecule has 0 N–H and O–H groups in total. The van der Waals surface area contributed by atoms with Crippen LogP contribution in [0.1, 0.15) is 194 Å². The van der Waals surface area contributed by atoms with Crippen molar-refractivity contribution in [3.8, 4) is 0 Å². The van der Waals surface area contributed by atoms with E-state index in [1.165, 1.54) is 0 Å². The average Bonchev–Trinajstić information content (AvgIpc) is 3.53. The molecular weight excluding hydrogens is 2730 g/mol. The molecule has 0 aromatic rings. The van der Waals surface area contributed by atoms with Gasteiger partial charge in [0.1, 0.15) is 0 Å². The van der Waals surface area contributed by atoms with Gasteiger partial charge in [-0.05, 0) is 0 Å². The van der Waals surface area contributed by atoms with E-state index < -0.39 is 41.6 Å². The zero-order chi connectivity index (χ0) is 96.6. The molecule has 0 fully saturated rings. The standard InChI is InChI=1S/4C2H2Cl3O.28C2H5O.16O.16Ti/c4*3-2(4,5)1-6;28*1-2-3;;;;;;;;;;;;;;;;;;;;;;;;;;;;;;;;/h4*1H2;28*2H2,1H3;;;;;;;;;;;;;;;;;;;;;;;;;;;;;;;;/q32*-1;16*-2;16*+4. The summed E-state index contributed by atoms with van der Waals surface area (Å²) in [4.78, 5) is 0. The Morgan fingerprint density at radius 2 is 0.100 bits per heavy atom. The van der Waals surface area contributed by atoms with Crippen LogP contribution in [-0.4, -0.2) is 227 Å². The number of hydrogen-bond donors (Lipinski definition) is 0. The fourth-order valence-corrected chi connectivity index (χ4v) is 0. The SMILES string of the molecule is CC[O-].CC[O-].CC[O-].CC[O-].CC[O-].CC[O-].CC[O-].CC[O-].CC[O-].CC[O-].CC[O-].CC[O-].CC[O-].CC[O-].CC[O-].CC[O-].CC[O-].CC[O-].CC[O-].CC[O-].CC[O-].CC[O-].CC[O-].CC[O-].CC[O-].CC[O-].CC[O-].CC[O-].[O-2].[O-2].[O-2].[O-2].[O-2].[O-2].[O-2].[O-2].[O-2].[O-2].[O-2].[O-2].[O-2].[O-2].[O-2].[O-2].[O-]CC(Cl)(Cl)Cl.[O-]CC(Cl)(Cl)Cl.[O-]CC(Cl)(Cl)Cl.[O-]CC(Cl)(Cl)Cl.[Ti+4].[Ti+4].[Ti+4].[Ti+4].[Ti+4].[Ti+4].[Ti+4].[Ti+4].[Ti+4].[Ti+4].[Ti+4].[Ti+4].[Ti+4].[Ti+4].[Ti+4].[Ti+4]. The average molecular weight is 2880 g/mol. The molecule has 0 saturated carbocycles. The third kappa shape index (κ3) is 5440. The predicted molar refractivity (Wildman–Crippen MR) is 407 cm³/mol. The van der Waals surface area contributed by atoms with Crippen molar-refractivity contribution in [2.75, 3.05) is 211 Å². The molecule has 48 nitrogen and oxygen atoms in total. The summed E-state index contributed by atoms with van der Waals surface area (Å²) in [5, 5.41) is 288. The van der Waals surface area contributed by atoms with Crippen molar-refractivity contribution in [2.45, 2.75) is 209 Å². The molecule has 0 aromatic carbocycles. The van der Waals surface area contributed by atoms with Gasteiger partial charge in [0, 0.05) is 0 Å². The van der Waals surface area contributed by atoms with Gasteiger partial charge in [-0.1, -0.05) is 360 Å². The second-order valence-electron chi connectivity index (χ2n) is 11.1. The Morgan fingerprint density at radius 1 is 0.0929 bits per heavy atom. The first kappa shape index (κ1) is 446. The first-order valence-electron chi connectivity index (χ1n) is 32.7. The van der Waals surface area contributed by atoms with Gasteiger partial charge >= 0.3 is 347 Å². The number of alkyl halides is 12. The molecule has 0 unspecified atom stereocenters. The molecule has 0 amide bonds. The molecule has 0 saturated heterocycles. The van der Waals surface area contributed by atoms with E-state index in [1.807, 2.05) is 0 Å². The van der Waals surface area contributed by atoms with Gasteiger partial charge in [-0.3, -0.25) is 0 Å². The number of rotatable bonds is 0. The first-order valence-corrected chi connectivity index (χ1v) is 37.3. The first-order chi connectivity index (χ1) is 49.8. The van der Waals surface area contributed by atoms with Crippen LogP contribution in [0.15, 0.2) is 0 Å². The van der Waals surface area contributed by atoms with Crippen LogP contribution in [0.25, 0.3) is 0 Å². The third-order valence-electron chi connectivity index (χ3n) is 0.655. The fourth-order valence-electron chi connectivity index (χ4n) is 0. The Labute approximate surface area is 1140 Å². The maximum absolute atomic E-state index is 9.56. The van der Waals surface area contributed by atoms with E-state index in [2.05, 4.69) is 0 Å². The Bertz CT molecular complexity index is 661. The van der Waals surface area contributed by atoms with Crippen LogP contribution in [0.2, 0.25) is 0 Å². The van der Waals surface area contributed by atoms with Gasteiger partial charge in [-0.2, -0.15) is 0 Å². The molecule has 140 heavy (non-hydrogen) atoms. The summed E-state index contributed by atoms with van der Waals surface area (Å²) in [5.74, 6) is 0. The molecule has 0 heterocycles. The molecule has 0 aromatic heterocycles. The maximum atomic E-state index is 9.56.